The van der Waals surface area contributed by atoms with Crippen LogP contribution in [0.1, 0.15) is 90.9 Å². The molecule has 1 fully saturated rings. The second-order valence-corrected chi connectivity index (χ2v) is 6.75. The van der Waals surface area contributed by atoms with E-state index in [0.29, 0.717) is 25.8 Å². The van der Waals surface area contributed by atoms with Gasteiger partial charge in [-0.2, -0.15) is 0 Å². The Morgan fingerprint density at radius 1 is 1.04 bits per heavy atom. The van der Waals surface area contributed by atoms with Gasteiger partial charge in [-0.3, -0.25) is 19.7 Å². The van der Waals surface area contributed by atoms with Crippen molar-refractivity contribution in [2.45, 2.75) is 96.9 Å². The molecule has 1 aliphatic heterocycles. The lowest BCUT2D eigenvalue weighted by atomic mass is 10.1. The van der Waals surface area contributed by atoms with E-state index in [0.717, 1.165) is 25.7 Å². The van der Waals surface area contributed by atoms with Crippen molar-refractivity contribution in [1.29, 1.82) is 0 Å². The second kappa shape index (κ2) is 12.0. The Labute approximate surface area is 146 Å². The largest absolute Gasteiger partial charge is 0.331 e. The number of rotatable bonds is 12. The molecule has 0 spiro atoms. The highest BCUT2D eigenvalue weighted by molar-refractivity contribution is 5.99. The fourth-order valence-corrected chi connectivity index (χ4v) is 3.25. The lowest BCUT2D eigenvalue weighted by molar-refractivity contribution is -0.140. The Morgan fingerprint density at radius 2 is 1.67 bits per heavy atom. The van der Waals surface area contributed by atoms with E-state index in [2.05, 4.69) is 12.2 Å². The summed E-state index contributed by atoms with van der Waals surface area (Å²) in [6, 6.07) is -0.498. The molecule has 0 aliphatic carbocycles. The van der Waals surface area contributed by atoms with Crippen LogP contribution in [0.4, 0.5) is 0 Å². The summed E-state index contributed by atoms with van der Waals surface area (Å²) in [5.41, 5.74) is 0. The fraction of sp³-hybridized carbons (Fsp3) is 0.842. The smallest absolute Gasteiger partial charge is 0.249 e. The van der Waals surface area contributed by atoms with Gasteiger partial charge < -0.3 is 4.90 Å². The predicted molar refractivity (Wildman–Crippen MR) is 95.4 cm³/mol. The van der Waals surface area contributed by atoms with Crippen LogP contribution in [0.3, 0.4) is 0 Å². The van der Waals surface area contributed by atoms with Crippen molar-refractivity contribution in [3.8, 4) is 0 Å². The van der Waals surface area contributed by atoms with Crippen molar-refractivity contribution in [3.63, 3.8) is 0 Å². The van der Waals surface area contributed by atoms with Crippen molar-refractivity contribution in [3.05, 3.63) is 0 Å². The molecule has 0 radical (unpaired) electrons. The fourth-order valence-electron chi connectivity index (χ4n) is 3.25. The molecule has 3 amide bonds. The number of hydrogen-bond acceptors (Lipinski definition) is 3. The molecule has 5 nitrogen and oxygen atoms in total. The van der Waals surface area contributed by atoms with Crippen LogP contribution in [0.5, 0.6) is 0 Å². The predicted octanol–water partition coefficient (Wildman–Crippen LogP) is 3.56. The number of nitrogens with one attached hydrogen (secondary N) is 1. The number of unbranched alkanes of at least 4 members (excludes halogenated alkanes) is 7. The molecule has 1 heterocycles. The number of carbonyl (C=O) groups excluding carboxylic acids is 3. The number of hydrogen-bond donors (Lipinski definition) is 1. The summed E-state index contributed by atoms with van der Waals surface area (Å²) in [4.78, 5) is 37.5. The third kappa shape index (κ3) is 7.45. The average Bonchev–Trinajstić information content (AvgIpc) is 2.96. The molecular weight excluding hydrogens is 304 g/mol. The summed E-state index contributed by atoms with van der Waals surface area (Å²) in [5, 5.41) is 2.48. The Hall–Kier alpha value is -1.39. The summed E-state index contributed by atoms with van der Waals surface area (Å²) in [7, 11) is 0. The number of amides is 3. The maximum atomic E-state index is 12.2. The number of likely N-dealkylation sites (tertiary alicyclic amines) is 1. The first-order valence-electron chi connectivity index (χ1n) is 9.73. The van der Waals surface area contributed by atoms with Crippen molar-refractivity contribution in [1.82, 2.24) is 10.2 Å². The van der Waals surface area contributed by atoms with Gasteiger partial charge in [0, 0.05) is 19.4 Å². The van der Waals surface area contributed by atoms with E-state index in [4.69, 9.17) is 0 Å². The molecule has 0 aromatic heterocycles. The third-order valence-electron chi connectivity index (χ3n) is 4.70. The molecule has 0 bridgehead atoms. The van der Waals surface area contributed by atoms with Crippen LogP contribution < -0.4 is 5.32 Å². The van der Waals surface area contributed by atoms with Gasteiger partial charge in [0.25, 0.3) is 0 Å². The van der Waals surface area contributed by atoms with Crippen molar-refractivity contribution in [2.24, 2.45) is 0 Å². The highest BCUT2D eigenvalue weighted by atomic mass is 16.2. The second-order valence-electron chi connectivity index (χ2n) is 6.75. The third-order valence-corrected chi connectivity index (χ3v) is 4.70. The molecule has 1 aliphatic rings. The van der Waals surface area contributed by atoms with Crippen LogP contribution in [-0.4, -0.2) is 35.2 Å². The van der Waals surface area contributed by atoms with E-state index in [-0.39, 0.29) is 17.7 Å². The quantitative estimate of drug-likeness (QED) is 0.553. The zero-order chi connectivity index (χ0) is 17.8. The molecule has 0 aromatic carbocycles. The normalized spacial score (nSPS) is 15.6. The van der Waals surface area contributed by atoms with Gasteiger partial charge in [0.15, 0.2) is 0 Å². The van der Waals surface area contributed by atoms with Gasteiger partial charge in [0.05, 0.1) is 0 Å². The molecule has 24 heavy (non-hydrogen) atoms. The SMILES string of the molecule is CCCCCCCCCCC(=O)NC(=O)[C@H](CC)N1CCCC1=O. The van der Waals surface area contributed by atoms with Crippen LogP contribution >= 0.6 is 0 Å². The van der Waals surface area contributed by atoms with Gasteiger partial charge in [-0.1, -0.05) is 58.8 Å². The van der Waals surface area contributed by atoms with Crippen molar-refractivity contribution >= 4 is 17.7 Å². The van der Waals surface area contributed by atoms with Gasteiger partial charge in [0.2, 0.25) is 17.7 Å². The van der Waals surface area contributed by atoms with E-state index in [1.807, 2.05) is 6.92 Å². The summed E-state index contributed by atoms with van der Waals surface area (Å²) >= 11 is 0. The number of nitrogens with zero attached hydrogens (tertiary/aromatic N) is 1. The zero-order valence-electron chi connectivity index (χ0n) is 15.4. The summed E-state index contributed by atoms with van der Waals surface area (Å²) in [6.07, 6.45) is 11.7. The Balaban J connectivity index is 2.17. The average molecular weight is 338 g/mol. The molecule has 1 atom stereocenters. The summed E-state index contributed by atoms with van der Waals surface area (Å²) in [6.45, 7) is 4.71. The van der Waals surface area contributed by atoms with Gasteiger partial charge >= 0.3 is 0 Å². The number of carbonyl (C=O) groups is 3. The van der Waals surface area contributed by atoms with E-state index in [1.165, 1.54) is 32.1 Å². The molecule has 1 saturated heterocycles. The molecular formula is C19H34N2O3. The lowest BCUT2D eigenvalue weighted by Gasteiger charge is -2.25. The molecule has 1 N–H and O–H groups in total. The lowest BCUT2D eigenvalue weighted by Crippen LogP contribution is -2.48. The Kier molecular flexibility index (Phi) is 10.4. The summed E-state index contributed by atoms with van der Waals surface area (Å²) in [5.74, 6) is -0.513. The first kappa shape index (κ1) is 20.7. The van der Waals surface area contributed by atoms with Gasteiger partial charge in [0.1, 0.15) is 6.04 Å². The minimum atomic E-state index is -0.498. The van der Waals surface area contributed by atoms with Crippen LogP contribution in [0.2, 0.25) is 0 Å². The maximum Gasteiger partial charge on any atom is 0.249 e. The van der Waals surface area contributed by atoms with E-state index in [1.54, 1.807) is 4.90 Å². The standard InChI is InChI=1S/C19H34N2O3/c1-3-5-6-7-8-9-10-11-13-17(22)20-19(24)16(4-2)21-15-12-14-18(21)23/h16H,3-15H2,1-2H3,(H,20,22,24)/t16-/m0/s1. The highest BCUT2D eigenvalue weighted by Crippen LogP contribution is 2.16. The zero-order valence-corrected chi connectivity index (χ0v) is 15.4. The van der Waals surface area contributed by atoms with Crippen molar-refractivity contribution in [2.75, 3.05) is 6.54 Å². The van der Waals surface area contributed by atoms with Crippen molar-refractivity contribution < 1.29 is 14.4 Å². The van der Waals surface area contributed by atoms with Crippen LogP contribution in [0, 0.1) is 0 Å². The van der Waals surface area contributed by atoms with Gasteiger partial charge in [-0.05, 0) is 19.3 Å². The van der Waals surface area contributed by atoms with Gasteiger partial charge in [-0.15, -0.1) is 0 Å². The maximum absolute atomic E-state index is 12.2. The number of imide groups is 1. The molecule has 5 heteroatoms. The minimum absolute atomic E-state index is 0.0209. The summed E-state index contributed by atoms with van der Waals surface area (Å²) < 4.78 is 0. The first-order valence-corrected chi connectivity index (χ1v) is 9.73. The van der Waals surface area contributed by atoms with Gasteiger partial charge in [-0.25, -0.2) is 0 Å². The molecule has 0 unspecified atom stereocenters. The monoisotopic (exact) mass is 338 g/mol. The Bertz CT molecular complexity index is 409. The molecule has 138 valence electrons. The molecule has 0 saturated carbocycles. The van der Waals surface area contributed by atoms with E-state index in [9.17, 15) is 14.4 Å². The van der Waals surface area contributed by atoms with Crippen LogP contribution in [0.15, 0.2) is 0 Å². The van der Waals surface area contributed by atoms with E-state index >= 15 is 0 Å². The molecule has 0 aromatic rings. The minimum Gasteiger partial charge on any atom is -0.331 e. The first-order chi connectivity index (χ1) is 11.6. The van der Waals surface area contributed by atoms with Crippen LogP contribution in [0.25, 0.3) is 0 Å². The Morgan fingerprint density at radius 3 is 2.21 bits per heavy atom. The topological polar surface area (TPSA) is 66.5 Å². The highest BCUT2D eigenvalue weighted by Gasteiger charge is 2.32. The molecule has 1 rings (SSSR count). The van der Waals surface area contributed by atoms with Crippen LogP contribution in [-0.2, 0) is 14.4 Å². The van der Waals surface area contributed by atoms with E-state index < -0.39 is 6.04 Å².